The third kappa shape index (κ3) is 4.77. The van der Waals surface area contributed by atoms with Gasteiger partial charge in [0.2, 0.25) is 0 Å². The summed E-state index contributed by atoms with van der Waals surface area (Å²) in [7, 11) is 0. The molecule has 0 amide bonds. The van der Waals surface area contributed by atoms with E-state index in [1.165, 1.54) is 23.4 Å². The number of carbonyl (C=O) groups is 1. The van der Waals surface area contributed by atoms with Crippen LogP contribution in [0.15, 0.2) is 35.4 Å². The van der Waals surface area contributed by atoms with E-state index in [1.807, 2.05) is 0 Å². The molecular weight excluding hydrogens is 346 g/mol. The highest BCUT2D eigenvalue weighted by atomic mass is 32.2. The van der Waals surface area contributed by atoms with E-state index in [0.29, 0.717) is 16.3 Å². The van der Waals surface area contributed by atoms with Gasteiger partial charge in [-0.1, -0.05) is 45.0 Å². The first-order valence-corrected chi connectivity index (χ1v) is 9.34. The van der Waals surface area contributed by atoms with Gasteiger partial charge in [-0.05, 0) is 29.5 Å². The van der Waals surface area contributed by atoms with E-state index in [2.05, 4.69) is 56.1 Å². The van der Waals surface area contributed by atoms with E-state index < -0.39 is 5.97 Å². The van der Waals surface area contributed by atoms with Crippen molar-refractivity contribution in [1.29, 1.82) is 5.26 Å². The van der Waals surface area contributed by atoms with Crippen LogP contribution in [-0.2, 0) is 15.9 Å². The lowest BCUT2D eigenvalue weighted by Gasteiger charge is -2.19. The number of hydrogen-bond donors (Lipinski definition) is 1. The molecule has 1 aromatic carbocycles. The van der Waals surface area contributed by atoms with Crippen LogP contribution in [0, 0.1) is 11.3 Å². The Kier molecular flexibility index (Phi) is 6.27. The van der Waals surface area contributed by atoms with Gasteiger partial charge in [-0.25, -0.2) is 9.78 Å². The number of rotatable bonds is 5. The smallest absolute Gasteiger partial charge is 0.341 e. The van der Waals surface area contributed by atoms with Crippen LogP contribution in [0.2, 0.25) is 0 Å². The van der Waals surface area contributed by atoms with Crippen LogP contribution in [0.1, 0.15) is 54.7 Å². The first kappa shape index (κ1) is 19.8. The molecular formula is C20H23N3O2S. The van der Waals surface area contributed by atoms with Gasteiger partial charge < -0.3 is 10.5 Å². The van der Waals surface area contributed by atoms with Gasteiger partial charge in [-0.2, -0.15) is 5.26 Å². The summed E-state index contributed by atoms with van der Waals surface area (Å²) in [5.41, 5.74) is 8.83. The normalized spacial score (nSPS) is 11.0. The molecule has 6 heteroatoms. The predicted octanol–water partition coefficient (Wildman–Crippen LogP) is 4.30. The lowest BCUT2D eigenvalue weighted by atomic mass is 9.87. The minimum absolute atomic E-state index is 0.0769. The van der Waals surface area contributed by atoms with Crippen molar-refractivity contribution in [3.63, 3.8) is 0 Å². The molecule has 0 radical (unpaired) electrons. The Morgan fingerprint density at radius 1 is 1.31 bits per heavy atom. The topological polar surface area (TPSA) is 89.0 Å². The summed E-state index contributed by atoms with van der Waals surface area (Å²) in [5, 5.41) is 9.88. The van der Waals surface area contributed by atoms with Crippen LogP contribution in [0.3, 0.4) is 0 Å². The van der Waals surface area contributed by atoms with E-state index in [9.17, 15) is 10.1 Å². The zero-order valence-electron chi connectivity index (χ0n) is 15.5. The molecule has 0 aliphatic rings. The van der Waals surface area contributed by atoms with Crippen LogP contribution in [-0.4, -0.2) is 17.6 Å². The van der Waals surface area contributed by atoms with Crippen LogP contribution in [0.5, 0.6) is 0 Å². The molecule has 0 bridgehead atoms. The van der Waals surface area contributed by atoms with Gasteiger partial charge in [-0.3, -0.25) is 0 Å². The van der Waals surface area contributed by atoms with E-state index >= 15 is 0 Å². The maximum atomic E-state index is 11.9. The molecule has 0 saturated carbocycles. The van der Waals surface area contributed by atoms with Gasteiger partial charge >= 0.3 is 5.97 Å². The average Bonchev–Trinajstić information content (AvgIpc) is 2.59. The molecule has 136 valence electrons. The number of hydrogen-bond acceptors (Lipinski definition) is 6. The van der Waals surface area contributed by atoms with E-state index in [-0.39, 0.29) is 23.4 Å². The SMILES string of the molecule is CCOC(=O)c1cc(C#N)c(SCc2ccc(C(C)(C)C)cc2)nc1N. The van der Waals surface area contributed by atoms with Gasteiger partial charge in [0.15, 0.2) is 0 Å². The number of nitrogen functional groups attached to an aromatic ring is 1. The van der Waals surface area contributed by atoms with Gasteiger partial charge in [0.1, 0.15) is 22.5 Å². The molecule has 1 heterocycles. The first-order chi connectivity index (χ1) is 12.3. The molecule has 26 heavy (non-hydrogen) atoms. The van der Waals surface area contributed by atoms with Crippen molar-refractivity contribution in [2.75, 3.05) is 12.3 Å². The zero-order chi connectivity index (χ0) is 19.3. The Balaban J connectivity index is 2.18. The van der Waals surface area contributed by atoms with Crippen LogP contribution in [0.25, 0.3) is 0 Å². The van der Waals surface area contributed by atoms with E-state index in [4.69, 9.17) is 10.5 Å². The molecule has 0 aliphatic carbocycles. The van der Waals surface area contributed by atoms with Crippen LogP contribution < -0.4 is 5.73 Å². The Morgan fingerprint density at radius 2 is 1.96 bits per heavy atom. The van der Waals surface area contributed by atoms with Crippen molar-refractivity contribution in [2.24, 2.45) is 0 Å². The molecule has 2 N–H and O–H groups in total. The first-order valence-electron chi connectivity index (χ1n) is 8.36. The number of benzene rings is 1. The summed E-state index contributed by atoms with van der Waals surface area (Å²) in [5.74, 6) is 0.168. The number of esters is 1. The fraction of sp³-hybridized carbons (Fsp3) is 0.350. The number of anilines is 1. The highest BCUT2D eigenvalue weighted by molar-refractivity contribution is 7.98. The highest BCUT2D eigenvalue weighted by Gasteiger charge is 2.17. The number of ether oxygens (including phenoxy) is 1. The molecule has 0 saturated heterocycles. The Hall–Kier alpha value is -2.52. The fourth-order valence-corrected chi connectivity index (χ4v) is 3.24. The number of thioether (sulfide) groups is 1. The largest absolute Gasteiger partial charge is 0.462 e. The summed E-state index contributed by atoms with van der Waals surface area (Å²) in [6.45, 7) is 8.47. The van der Waals surface area contributed by atoms with Crippen molar-refractivity contribution in [2.45, 2.75) is 43.9 Å². The molecule has 0 unspecified atom stereocenters. The van der Waals surface area contributed by atoms with Crippen LogP contribution >= 0.6 is 11.8 Å². The molecule has 5 nitrogen and oxygen atoms in total. The fourth-order valence-electron chi connectivity index (χ4n) is 2.32. The number of aromatic nitrogens is 1. The minimum Gasteiger partial charge on any atom is -0.462 e. The van der Waals surface area contributed by atoms with Crippen molar-refractivity contribution >= 4 is 23.5 Å². The Labute approximate surface area is 158 Å². The molecule has 0 spiro atoms. The van der Waals surface area contributed by atoms with Gasteiger partial charge in [-0.15, -0.1) is 11.8 Å². The molecule has 0 aliphatic heterocycles. The number of carbonyl (C=O) groups excluding carboxylic acids is 1. The summed E-state index contributed by atoms with van der Waals surface area (Å²) in [4.78, 5) is 16.1. The van der Waals surface area contributed by atoms with Gasteiger partial charge in [0.25, 0.3) is 0 Å². The molecule has 1 aromatic heterocycles. The summed E-state index contributed by atoms with van der Waals surface area (Å²) in [6, 6.07) is 11.9. The number of nitrogens with zero attached hydrogens (tertiary/aromatic N) is 2. The third-order valence-electron chi connectivity index (χ3n) is 3.83. The average molecular weight is 369 g/mol. The molecule has 2 aromatic rings. The minimum atomic E-state index is -0.566. The third-order valence-corrected chi connectivity index (χ3v) is 4.89. The lowest BCUT2D eigenvalue weighted by Crippen LogP contribution is -2.11. The summed E-state index contributed by atoms with van der Waals surface area (Å²) >= 11 is 1.42. The van der Waals surface area contributed by atoms with Gasteiger partial charge in [0, 0.05) is 5.75 Å². The molecule has 0 fully saturated rings. The maximum absolute atomic E-state index is 11.9. The maximum Gasteiger partial charge on any atom is 0.341 e. The standard InChI is InChI=1S/C20H23N3O2S/c1-5-25-19(24)16-10-14(11-21)18(23-17(16)22)26-12-13-6-8-15(9-7-13)20(2,3)4/h6-10H,5,12H2,1-4H3,(H2,22,23). The quantitative estimate of drug-likeness (QED) is 0.624. The van der Waals surface area contributed by atoms with E-state index in [0.717, 1.165) is 5.56 Å². The van der Waals surface area contributed by atoms with Crippen molar-refractivity contribution in [3.8, 4) is 6.07 Å². The lowest BCUT2D eigenvalue weighted by molar-refractivity contribution is 0.0527. The summed E-state index contributed by atoms with van der Waals surface area (Å²) in [6.07, 6.45) is 0. The van der Waals surface area contributed by atoms with Gasteiger partial charge in [0.05, 0.1) is 12.2 Å². The second kappa shape index (κ2) is 8.24. The zero-order valence-corrected chi connectivity index (χ0v) is 16.3. The Morgan fingerprint density at radius 3 is 2.50 bits per heavy atom. The number of nitriles is 1. The number of nitrogens with two attached hydrogens (primary N) is 1. The second-order valence-electron chi connectivity index (χ2n) is 6.84. The predicted molar refractivity (Wildman–Crippen MR) is 104 cm³/mol. The van der Waals surface area contributed by atoms with Crippen LogP contribution in [0.4, 0.5) is 5.82 Å². The number of pyridine rings is 1. The molecule has 0 atom stereocenters. The second-order valence-corrected chi connectivity index (χ2v) is 7.81. The Bertz CT molecular complexity index is 834. The monoisotopic (exact) mass is 369 g/mol. The summed E-state index contributed by atoms with van der Waals surface area (Å²) < 4.78 is 4.94. The van der Waals surface area contributed by atoms with Crippen molar-refractivity contribution in [3.05, 3.63) is 52.6 Å². The van der Waals surface area contributed by atoms with Crippen molar-refractivity contribution < 1.29 is 9.53 Å². The van der Waals surface area contributed by atoms with Crippen molar-refractivity contribution in [1.82, 2.24) is 4.98 Å². The molecule has 2 rings (SSSR count). The highest BCUT2D eigenvalue weighted by Crippen LogP contribution is 2.29. The van der Waals surface area contributed by atoms with E-state index in [1.54, 1.807) is 6.92 Å².